The molecule has 37 heavy (non-hydrogen) atoms. The molecule has 0 radical (unpaired) electrons. The van der Waals surface area contributed by atoms with Gasteiger partial charge in [-0.1, -0.05) is 24.3 Å². The Bertz CT molecular complexity index is 1090. The van der Waals surface area contributed by atoms with Crippen molar-refractivity contribution in [2.24, 2.45) is 11.5 Å². The molecule has 0 heterocycles. The second kappa shape index (κ2) is 13.5. The Labute approximate surface area is 225 Å². The van der Waals surface area contributed by atoms with Crippen LogP contribution in [-0.4, -0.2) is 38.6 Å². The summed E-state index contributed by atoms with van der Waals surface area (Å²) in [5.74, 6) is -0.499. The average molecular weight is 830 g/mol. The summed E-state index contributed by atoms with van der Waals surface area (Å²) in [5.41, 5.74) is 9.26. The molecule has 0 spiro atoms. The van der Waals surface area contributed by atoms with Crippen LogP contribution >= 0.6 is 49.2 Å². The Morgan fingerprint density at radius 3 is 1.08 bits per heavy atom. The molecule has 0 aliphatic rings. The van der Waals surface area contributed by atoms with Crippen molar-refractivity contribution in [2.75, 3.05) is 0 Å². The zero-order valence-corrected chi connectivity index (χ0v) is 25.0. The monoisotopic (exact) mass is 829 g/mol. The summed E-state index contributed by atoms with van der Waals surface area (Å²) in [6.45, 7) is 0. The van der Waals surface area contributed by atoms with Gasteiger partial charge in [-0.05, 0) is 37.4 Å². The molecule has 4 unspecified atom stereocenters. The number of hydrogen-bond acceptors (Lipinski definition) is 10. The van der Waals surface area contributed by atoms with E-state index in [0.717, 1.165) is 48.5 Å². The molecule has 12 N–H and O–H groups in total. The Kier molecular flexibility index (Phi) is 13.4. The molecule has 16 nitrogen and oxygen atoms in total. The van der Waals surface area contributed by atoms with E-state index in [-0.39, 0.29) is 11.5 Å². The van der Waals surface area contributed by atoms with Crippen molar-refractivity contribution in [3.8, 4) is 11.5 Å². The SMILES string of the molecule is NC(c1ccc(O)cc1)(P(=O)([O-])[O-])P([O-])(O)=[OH+].NC(c1ccc(O)cc1)(P([O-])(O)=[OH+])P([O-])(O)=[OH+].[Cl][Pt+2][Cl]. The van der Waals surface area contributed by atoms with Crippen molar-refractivity contribution in [3.05, 3.63) is 59.7 Å². The summed E-state index contributed by atoms with van der Waals surface area (Å²) in [6.07, 6.45) is 0. The molecule has 0 fully saturated rings. The fourth-order valence-electron chi connectivity index (χ4n) is 2.41. The van der Waals surface area contributed by atoms with E-state index in [9.17, 15) is 29.0 Å². The zero-order valence-electron chi connectivity index (χ0n) is 17.7. The van der Waals surface area contributed by atoms with Crippen LogP contribution in [0, 0.1) is 0 Å². The molecule has 4 atom stereocenters. The molecule has 2 aromatic carbocycles. The first-order chi connectivity index (χ1) is 16.4. The van der Waals surface area contributed by atoms with Crippen molar-refractivity contribution >= 4 is 49.2 Å². The molecule has 0 aromatic heterocycles. The summed E-state index contributed by atoms with van der Waals surface area (Å²) in [4.78, 5) is 82.5. The first-order valence-electron chi connectivity index (χ1n) is 8.60. The van der Waals surface area contributed by atoms with Crippen molar-refractivity contribution in [3.63, 3.8) is 0 Å². The molecule has 0 aliphatic heterocycles. The quantitative estimate of drug-likeness (QED) is 0.119. The Morgan fingerprint density at radius 2 is 0.892 bits per heavy atom. The Balaban J connectivity index is 0.000000633. The third-order valence-corrected chi connectivity index (χ3v) is 11.9. The van der Waals surface area contributed by atoms with Crippen LogP contribution in [0.3, 0.4) is 0 Å². The molecule has 2 aromatic rings. The van der Waals surface area contributed by atoms with Gasteiger partial charge in [0.1, 0.15) is 11.5 Å². The van der Waals surface area contributed by atoms with E-state index in [0.29, 0.717) is 0 Å². The topological polar surface area (TPSA) is 350 Å². The molecule has 23 heteroatoms. The number of benzene rings is 2. The van der Waals surface area contributed by atoms with Gasteiger partial charge in [-0.25, -0.2) is 0 Å². The normalized spacial score (nSPS) is 19.7. The van der Waals surface area contributed by atoms with Crippen molar-refractivity contribution in [2.45, 2.75) is 10.0 Å². The van der Waals surface area contributed by atoms with Gasteiger partial charge in [-0.3, -0.25) is 5.73 Å². The Morgan fingerprint density at radius 1 is 0.676 bits per heavy atom. The fraction of sp³-hybridized carbons (Fsp3) is 0.143. The summed E-state index contributed by atoms with van der Waals surface area (Å²) in [6, 6.07) is 7.55. The van der Waals surface area contributed by atoms with Crippen molar-refractivity contribution in [1.82, 2.24) is 0 Å². The number of phenolic OH excluding ortho intramolecular Hbond substituents is 2. The third-order valence-electron chi connectivity index (χ3n) is 4.33. The van der Waals surface area contributed by atoms with E-state index in [2.05, 4.69) is 0 Å². The molecule has 214 valence electrons. The maximum atomic E-state index is 11.2. The molecule has 0 saturated heterocycles. The van der Waals surface area contributed by atoms with Gasteiger partial charge in [0.15, 0.2) is 5.02 Å². The third kappa shape index (κ3) is 8.91. The number of aromatic hydroxyl groups is 2. The average Bonchev–Trinajstić information content (AvgIpc) is 2.71. The van der Waals surface area contributed by atoms with Crippen LogP contribution in [0.4, 0.5) is 0 Å². The van der Waals surface area contributed by atoms with Crippen LogP contribution < -0.4 is 35.9 Å². The predicted octanol–water partition coefficient (Wildman–Crippen LogP) is -2.32. The maximum absolute atomic E-state index is 11.2. The van der Waals surface area contributed by atoms with Gasteiger partial charge in [0.25, 0.3) is 5.02 Å². The number of halogens is 2. The van der Waals surface area contributed by atoms with Crippen LogP contribution in [0.15, 0.2) is 48.5 Å². The van der Waals surface area contributed by atoms with E-state index in [1.807, 2.05) is 0 Å². The van der Waals surface area contributed by atoms with Gasteiger partial charge < -0.3 is 73.4 Å². The second-order valence-electron chi connectivity index (χ2n) is 6.72. The molecular weight excluding hydrogens is 810 g/mol. The van der Waals surface area contributed by atoms with Gasteiger partial charge in [0, 0.05) is 5.56 Å². The molecule has 0 bridgehead atoms. The number of phenols is 2. The van der Waals surface area contributed by atoms with Gasteiger partial charge in [-0.2, -0.15) is 0 Å². The molecular formula is C14H20Cl2N2O14P4Pt. The summed E-state index contributed by atoms with van der Waals surface area (Å²) in [7, 11) is -12.1. The van der Waals surface area contributed by atoms with Gasteiger partial charge in [0.2, 0.25) is 0 Å². The molecule has 0 aliphatic carbocycles. The van der Waals surface area contributed by atoms with Crippen molar-refractivity contribution < 1.29 is 84.1 Å². The van der Waals surface area contributed by atoms with E-state index >= 15 is 0 Å². The first kappa shape index (κ1) is 36.8. The summed E-state index contributed by atoms with van der Waals surface area (Å²) >= 11 is -0.472. The van der Waals surface area contributed by atoms with Gasteiger partial charge in [0.05, 0.1) is 0 Å². The van der Waals surface area contributed by atoms with Crippen LogP contribution in [0.2, 0.25) is 0 Å². The van der Waals surface area contributed by atoms with Crippen LogP contribution in [0.25, 0.3) is 0 Å². The van der Waals surface area contributed by atoms with Gasteiger partial charge in [-0.15, -0.1) is 0 Å². The summed E-state index contributed by atoms with van der Waals surface area (Å²) < 4.78 is 38.0. The summed E-state index contributed by atoms with van der Waals surface area (Å²) in [5, 5.41) is 11.5. The van der Waals surface area contributed by atoms with Crippen LogP contribution in [-0.2, 0) is 31.1 Å². The zero-order chi connectivity index (χ0) is 29.7. The first-order valence-corrected chi connectivity index (χ1v) is 20.6. The standard InChI is InChI=1S/2C7H11NO7P2.2ClH.Pt/c2*8-7(16(10,11)12,17(13,14)15)5-1-3-6(9)4-2-5;;;/h2*1-4,9H,8H2,(H2,10,11,12)(H2,13,14,15);2*1H;/q;;;;+4/p-4. The van der Waals surface area contributed by atoms with E-state index in [1.54, 1.807) is 0 Å². The molecule has 2 rings (SSSR count). The van der Waals surface area contributed by atoms with E-state index in [4.69, 9.17) is 68.9 Å². The number of hydrogen-bond donors (Lipinski definition) is 7. The fourth-order valence-corrected chi connectivity index (χ4v) is 6.96. The predicted molar refractivity (Wildman–Crippen MR) is 120 cm³/mol. The van der Waals surface area contributed by atoms with E-state index < -0.39 is 68.0 Å². The minimum atomic E-state index is -5.81. The van der Waals surface area contributed by atoms with Gasteiger partial charge >= 0.3 is 58.1 Å². The number of nitrogens with two attached hydrogens (primary N) is 2. The molecule has 0 amide bonds. The van der Waals surface area contributed by atoms with Crippen molar-refractivity contribution in [1.29, 1.82) is 0 Å². The van der Waals surface area contributed by atoms with Crippen LogP contribution in [0.1, 0.15) is 11.1 Å². The van der Waals surface area contributed by atoms with Crippen LogP contribution in [0.5, 0.6) is 11.5 Å². The second-order valence-corrected chi connectivity index (χ2v) is 17.8. The molecule has 0 saturated carbocycles. The number of rotatable bonds is 6. The Hall–Kier alpha value is -0.172. The van der Waals surface area contributed by atoms with E-state index in [1.165, 1.54) is 0 Å². The minimum absolute atomic E-state index is 0.229.